The summed E-state index contributed by atoms with van der Waals surface area (Å²) in [5.74, 6) is -0.793. The molecule has 0 spiro atoms. The molecule has 0 saturated heterocycles. The van der Waals surface area contributed by atoms with Crippen molar-refractivity contribution in [3.63, 3.8) is 0 Å². The zero-order chi connectivity index (χ0) is 15.6. The van der Waals surface area contributed by atoms with E-state index in [1.165, 1.54) is 30.5 Å². The first kappa shape index (κ1) is 16.6. The maximum Gasteiger partial charge on any atom is 0.246 e. The molecule has 4 nitrogen and oxygen atoms in total. The Morgan fingerprint density at radius 3 is 2.71 bits per heavy atom. The summed E-state index contributed by atoms with van der Waals surface area (Å²) >= 11 is 4.64. The van der Waals surface area contributed by atoms with E-state index in [-0.39, 0.29) is 23.5 Å². The summed E-state index contributed by atoms with van der Waals surface area (Å²) in [6.07, 6.45) is 0. The molecule has 8 heteroatoms. The molecular formula is C13H14BrFN2O2S2. The number of hydrogen-bond donors (Lipinski definition) is 1. The van der Waals surface area contributed by atoms with Gasteiger partial charge in [-0.1, -0.05) is 22.0 Å². The summed E-state index contributed by atoms with van der Waals surface area (Å²) in [6, 6.07) is 6.41. The van der Waals surface area contributed by atoms with Crippen LogP contribution < -0.4 is 5.73 Å². The topological polar surface area (TPSA) is 63.4 Å². The van der Waals surface area contributed by atoms with Crippen LogP contribution in [-0.4, -0.2) is 19.8 Å². The van der Waals surface area contributed by atoms with Crippen LogP contribution in [0.1, 0.15) is 10.4 Å². The van der Waals surface area contributed by atoms with E-state index in [4.69, 9.17) is 5.73 Å². The largest absolute Gasteiger partial charge is 0.326 e. The van der Waals surface area contributed by atoms with Crippen LogP contribution in [0.2, 0.25) is 0 Å². The van der Waals surface area contributed by atoms with Crippen LogP contribution >= 0.6 is 27.3 Å². The smallest absolute Gasteiger partial charge is 0.246 e. The number of nitrogens with zero attached hydrogens (tertiary/aromatic N) is 1. The molecule has 1 heterocycles. The van der Waals surface area contributed by atoms with Crippen molar-refractivity contribution in [1.29, 1.82) is 0 Å². The standard InChI is InChI=1S/C13H14BrFN2O2S2/c1-17(8-11-3-2-4-20-11)21(18,19)12-6-10(14)5-9(7-16)13(12)15/h2-6H,7-8,16H2,1H3. The Hall–Kier alpha value is -0.800. The maximum absolute atomic E-state index is 14.3. The van der Waals surface area contributed by atoms with Crippen LogP contribution in [0.3, 0.4) is 0 Å². The first-order chi connectivity index (χ1) is 9.86. The summed E-state index contributed by atoms with van der Waals surface area (Å²) in [7, 11) is -2.49. The molecule has 1 aromatic heterocycles. The van der Waals surface area contributed by atoms with E-state index in [9.17, 15) is 12.8 Å². The lowest BCUT2D eigenvalue weighted by atomic mass is 10.2. The highest BCUT2D eigenvalue weighted by Crippen LogP contribution is 2.27. The monoisotopic (exact) mass is 392 g/mol. The normalized spacial score (nSPS) is 12.0. The molecular weight excluding hydrogens is 379 g/mol. The molecule has 0 atom stereocenters. The van der Waals surface area contributed by atoms with Gasteiger partial charge in [0, 0.05) is 35.1 Å². The van der Waals surface area contributed by atoms with Crippen molar-refractivity contribution in [2.45, 2.75) is 18.0 Å². The molecule has 0 fully saturated rings. The number of nitrogens with two attached hydrogens (primary N) is 1. The Bertz CT molecular complexity index is 733. The van der Waals surface area contributed by atoms with Crippen LogP contribution in [0.25, 0.3) is 0 Å². The molecule has 114 valence electrons. The van der Waals surface area contributed by atoms with E-state index in [1.54, 1.807) is 0 Å². The molecule has 0 unspecified atom stereocenters. The Balaban J connectivity index is 2.41. The minimum atomic E-state index is -3.92. The Labute approximate surface area is 135 Å². The van der Waals surface area contributed by atoms with E-state index in [0.29, 0.717) is 4.47 Å². The maximum atomic E-state index is 14.3. The second kappa shape index (κ2) is 6.53. The van der Waals surface area contributed by atoms with Gasteiger partial charge in [-0.2, -0.15) is 4.31 Å². The van der Waals surface area contributed by atoms with Gasteiger partial charge < -0.3 is 5.73 Å². The number of hydrogen-bond acceptors (Lipinski definition) is 4. The number of benzene rings is 1. The highest BCUT2D eigenvalue weighted by atomic mass is 79.9. The number of thiophene rings is 1. The minimum Gasteiger partial charge on any atom is -0.326 e. The van der Waals surface area contributed by atoms with Gasteiger partial charge in [0.1, 0.15) is 10.7 Å². The van der Waals surface area contributed by atoms with Gasteiger partial charge in [0.15, 0.2) is 0 Å². The second-order valence-electron chi connectivity index (χ2n) is 4.42. The van der Waals surface area contributed by atoms with Gasteiger partial charge in [0.25, 0.3) is 0 Å². The fraction of sp³-hybridized carbons (Fsp3) is 0.231. The summed E-state index contributed by atoms with van der Waals surface area (Å²) < 4.78 is 40.9. The van der Waals surface area contributed by atoms with E-state index in [0.717, 1.165) is 9.18 Å². The molecule has 0 aliphatic rings. The lowest BCUT2D eigenvalue weighted by molar-refractivity contribution is 0.461. The second-order valence-corrected chi connectivity index (χ2v) is 8.38. The van der Waals surface area contributed by atoms with Crippen LogP contribution in [0.4, 0.5) is 4.39 Å². The van der Waals surface area contributed by atoms with Crippen LogP contribution in [0.5, 0.6) is 0 Å². The quantitative estimate of drug-likeness (QED) is 0.850. The summed E-state index contributed by atoms with van der Waals surface area (Å²) in [5.41, 5.74) is 5.61. The summed E-state index contributed by atoms with van der Waals surface area (Å²) in [5, 5.41) is 1.86. The van der Waals surface area contributed by atoms with Crippen LogP contribution in [0, 0.1) is 5.82 Å². The molecule has 2 aromatic rings. The molecule has 0 aliphatic carbocycles. The highest BCUT2D eigenvalue weighted by molar-refractivity contribution is 9.10. The molecule has 21 heavy (non-hydrogen) atoms. The van der Waals surface area contributed by atoms with Gasteiger partial charge in [-0.15, -0.1) is 11.3 Å². The molecule has 1 aromatic carbocycles. The van der Waals surface area contributed by atoms with E-state index in [1.807, 2.05) is 17.5 Å². The highest BCUT2D eigenvalue weighted by Gasteiger charge is 2.26. The molecule has 0 amide bonds. The molecule has 0 aliphatic heterocycles. The summed E-state index contributed by atoms with van der Waals surface area (Å²) in [6.45, 7) is 0.131. The molecule has 0 saturated carbocycles. The number of rotatable bonds is 5. The SMILES string of the molecule is CN(Cc1cccs1)S(=O)(=O)c1cc(Br)cc(CN)c1F. The van der Waals surface area contributed by atoms with Gasteiger partial charge in [-0.05, 0) is 23.6 Å². The minimum absolute atomic E-state index is 0.0670. The van der Waals surface area contributed by atoms with Crippen molar-refractivity contribution in [1.82, 2.24) is 4.31 Å². The number of sulfonamides is 1. The van der Waals surface area contributed by atoms with Gasteiger partial charge in [-0.3, -0.25) is 0 Å². The third-order valence-electron chi connectivity index (χ3n) is 2.95. The molecule has 0 radical (unpaired) electrons. The molecule has 2 N–H and O–H groups in total. The van der Waals surface area contributed by atoms with Crippen molar-refractivity contribution < 1.29 is 12.8 Å². The van der Waals surface area contributed by atoms with Gasteiger partial charge in [-0.25, -0.2) is 12.8 Å². The van der Waals surface area contributed by atoms with Crippen molar-refractivity contribution in [2.24, 2.45) is 5.73 Å². The molecule has 0 bridgehead atoms. The molecule has 2 rings (SSSR count). The predicted octanol–water partition coefficient (Wildman–Crippen LogP) is 2.93. The zero-order valence-electron chi connectivity index (χ0n) is 11.2. The average molecular weight is 393 g/mol. The fourth-order valence-corrected chi connectivity index (χ4v) is 4.60. The average Bonchev–Trinajstić information content (AvgIpc) is 2.93. The Morgan fingerprint density at radius 2 is 2.14 bits per heavy atom. The lowest BCUT2D eigenvalue weighted by Crippen LogP contribution is -2.27. The van der Waals surface area contributed by atoms with Crippen LogP contribution in [-0.2, 0) is 23.1 Å². The Kier molecular flexibility index (Phi) is 5.15. The van der Waals surface area contributed by atoms with Gasteiger partial charge in [0.05, 0.1) is 0 Å². The fourth-order valence-electron chi connectivity index (χ4n) is 1.83. The number of halogens is 2. The third-order valence-corrected chi connectivity index (χ3v) is 6.07. The zero-order valence-corrected chi connectivity index (χ0v) is 14.4. The van der Waals surface area contributed by atoms with Gasteiger partial charge in [0.2, 0.25) is 10.0 Å². The van der Waals surface area contributed by atoms with Crippen molar-refractivity contribution in [3.8, 4) is 0 Å². The van der Waals surface area contributed by atoms with E-state index >= 15 is 0 Å². The van der Waals surface area contributed by atoms with E-state index in [2.05, 4.69) is 15.9 Å². The first-order valence-electron chi connectivity index (χ1n) is 6.03. The first-order valence-corrected chi connectivity index (χ1v) is 9.14. The van der Waals surface area contributed by atoms with Crippen LogP contribution in [0.15, 0.2) is 39.0 Å². The summed E-state index contributed by atoms with van der Waals surface area (Å²) in [4.78, 5) is 0.520. The lowest BCUT2D eigenvalue weighted by Gasteiger charge is -2.18. The van der Waals surface area contributed by atoms with Gasteiger partial charge >= 0.3 is 0 Å². The Morgan fingerprint density at radius 1 is 1.43 bits per heavy atom. The van der Waals surface area contributed by atoms with Crippen molar-refractivity contribution >= 4 is 37.3 Å². The van der Waals surface area contributed by atoms with E-state index < -0.39 is 15.8 Å². The third kappa shape index (κ3) is 3.51. The predicted molar refractivity (Wildman–Crippen MR) is 85.0 cm³/mol. The van der Waals surface area contributed by atoms with Crippen molar-refractivity contribution in [3.05, 3.63) is 50.4 Å². The van der Waals surface area contributed by atoms with Crippen molar-refractivity contribution in [2.75, 3.05) is 7.05 Å².